The third-order valence-electron chi connectivity index (χ3n) is 2.54. The van der Waals surface area contributed by atoms with Gasteiger partial charge >= 0.3 is 0 Å². The van der Waals surface area contributed by atoms with E-state index < -0.39 is 0 Å². The molecule has 1 aromatic rings. The van der Waals surface area contributed by atoms with Gasteiger partial charge in [-0.2, -0.15) is 0 Å². The highest BCUT2D eigenvalue weighted by molar-refractivity contribution is 5.57. The van der Waals surface area contributed by atoms with Gasteiger partial charge < -0.3 is 4.57 Å². The molecule has 0 spiro atoms. The van der Waals surface area contributed by atoms with Crippen molar-refractivity contribution >= 4 is 12.3 Å². The summed E-state index contributed by atoms with van der Waals surface area (Å²) >= 11 is 0. The summed E-state index contributed by atoms with van der Waals surface area (Å²) < 4.78 is 2.05. The average Bonchev–Trinajstić information content (AvgIpc) is 2.58. The minimum Gasteiger partial charge on any atom is -0.307 e. The van der Waals surface area contributed by atoms with Crippen LogP contribution in [0, 0.1) is 5.92 Å². The van der Waals surface area contributed by atoms with E-state index in [4.69, 9.17) is 0 Å². The summed E-state index contributed by atoms with van der Waals surface area (Å²) in [6, 6.07) is 0. The summed E-state index contributed by atoms with van der Waals surface area (Å²) in [6.07, 6.45) is 18.7. The van der Waals surface area contributed by atoms with Crippen molar-refractivity contribution in [2.75, 3.05) is 0 Å². The number of imidazole rings is 1. The van der Waals surface area contributed by atoms with Crippen LogP contribution in [0.5, 0.6) is 0 Å². The van der Waals surface area contributed by atoms with Crippen molar-refractivity contribution in [2.24, 2.45) is 5.92 Å². The van der Waals surface area contributed by atoms with Crippen LogP contribution in [0.1, 0.15) is 5.82 Å². The van der Waals surface area contributed by atoms with E-state index in [2.05, 4.69) is 52.2 Å². The van der Waals surface area contributed by atoms with Crippen molar-refractivity contribution in [1.82, 2.24) is 9.55 Å². The Morgan fingerprint density at radius 3 is 3.14 bits per heavy atom. The molecule has 0 amide bonds. The lowest BCUT2D eigenvalue weighted by Crippen LogP contribution is -1.97. The number of nitrogens with zero attached hydrogens (tertiary/aromatic N) is 2. The lowest BCUT2D eigenvalue weighted by Gasteiger charge is -2.10. The molecule has 0 bridgehead atoms. The molecule has 1 unspecified atom stereocenters. The molecule has 0 N–H and O–H groups in total. The van der Waals surface area contributed by atoms with E-state index in [0.29, 0.717) is 5.92 Å². The maximum Gasteiger partial charge on any atom is 0.136 e. The second-order valence-corrected chi connectivity index (χ2v) is 3.45. The molecule has 0 saturated carbocycles. The summed E-state index contributed by atoms with van der Waals surface area (Å²) in [4.78, 5) is 4.26. The molecule has 0 saturated heterocycles. The predicted octanol–water partition coefficient (Wildman–Crippen LogP) is 2.49. The molecular formula is C12H10N2. The van der Waals surface area contributed by atoms with Gasteiger partial charge in [0.05, 0.1) is 0 Å². The topological polar surface area (TPSA) is 17.8 Å². The predicted molar refractivity (Wildman–Crippen MR) is 57.3 cm³/mol. The molecule has 0 aromatic carbocycles. The first-order valence-electron chi connectivity index (χ1n) is 4.71. The molecule has 2 aliphatic rings. The second-order valence-electron chi connectivity index (χ2n) is 3.45. The summed E-state index contributed by atoms with van der Waals surface area (Å²) in [7, 11) is 0. The zero-order valence-electron chi connectivity index (χ0n) is 7.67. The molecule has 1 aliphatic carbocycles. The number of fused-ring (bicyclic) bond motifs is 2. The highest BCUT2D eigenvalue weighted by atomic mass is 15.0. The number of aromatic nitrogens is 2. The first-order chi connectivity index (χ1) is 6.93. The summed E-state index contributed by atoms with van der Waals surface area (Å²) in [5.41, 5.74) is 1.31. The van der Waals surface area contributed by atoms with E-state index in [0.717, 1.165) is 5.82 Å². The molecule has 2 nitrogen and oxygen atoms in total. The molecular weight excluding hydrogens is 172 g/mol. The van der Waals surface area contributed by atoms with E-state index in [1.807, 2.05) is 12.4 Å². The van der Waals surface area contributed by atoms with E-state index in [1.165, 1.54) is 5.57 Å². The van der Waals surface area contributed by atoms with Gasteiger partial charge in [0.15, 0.2) is 0 Å². The first kappa shape index (κ1) is 7.56. The van der Waals surface area contributed by atoms with Crippen molar-refractivity contribution in [3.8, 4) is 0 Å². The van der Waals surface area contributed by atoms with Gasteiger partial charge in [-0.1, -0.05) is 30.4 Å². The number of hydrogen-bond donors (Lipinski definition) is 0. The van der Waals surface area contributed by atoms with Gasteiger partial charge in [-0.05, 0) is 11.6 Å². The average molecular weight is 182 g/mol. The van der Waals surface area contributed by atoms with Gasteiger partial charge in [-0.25, -0.2) is 4.98 Å². The molecule has 1 aromatic heterocycles. The smallest absolute Gasteiger partial charge is 0.136 e. The highest BCUT2D eigenvalue weighted by Crippen LogP contribution is 2.24. The third-order valence-corrected chi connectivity index (χ3v) is 2.54. The largest absolute Gasteiger partial charge is 0.307 e. The minimum atomic E-state index is 0.404. The summed E-state index contributed by atoms with van der Waals surface area (Å²) in [6.45, 7) is 0. The van der Waals surface area contributed by atoms with Crippen molar-refractivity contribution < 1.29 is 0 Å². The Kier molecular flexibility index (Phi) is 1.53. The highest BCUT2D eigenvalue weighted by Gasteiger charge is 2.11. The molecule has 68 valence electrons. The Hall–Kier alpha value is -1.83. The van der Waals surface area contributed by atoms with Crippen molar-refractivity contribution in [3.63, 3.8) is 0 Å². The molecule has 1 atom stereocenters. The lowest BCUT2D eigenvalue weighted by molar-refractivity contribution is 1.00. The van der Waals surface area contributed by atoms with Gasteiger partial charge in [0.1, 0.15) is 5.82 Å². The zero-order valence-corrected chi connectivity index (χ0v) is 7.67. The molecule has 0 fully saturated rings. The second kappa shape index (κ2) is 2.84. The van der Waals surface area contributed by atoms with Crippen LogP contribution in [0.15, 0.2) is 48.3 Å². The van der Waals surface area contributed by atoms with Gasteiger partial charge in [0.25, 0.3) is 0 Å². The van der Waals surface area contributed by atoms with Crippen LogP contribution < -0.4 is 0 Å². The van der Waals surface area contributed by atoms with Crippen LogP contribution in [0.4, 0.5) is 0 Å². The van der Waals surface area contributed by atoms with Gasteiger partial charge in [0.2, 0.25) is 0 Å². The minimum absolute atomic E-state index is 0.404. The van der Waals surface area contributed by atoms with Gasteiger partial charge in [-0.15, -0.1) is 0 Å². The molecule has 3 rings (SSSR count). The first-order valence-corrected chi connectivity index (χ1v) is 4.71. The van der Waals surface area contributed by atoms with Crippen molar-refractivity contribution in [1.29, 1.82) is 0 Å². The van der Waals surface area contributed by atoms with Crippen LogP contribution >= 0.6 is 0 Å². The molecule has 14 heavy (non-hydrogen) atoms. The Morgan fingerprint density at radius 1 is 1.14 bits per heavy atom. The normalized spacial score (nSPS) is 22.6. The van der Waals surface area contributed by atoms with E-state index >= 15 is 0 Å². The summed E-state index contributed by atoms with van der Waals surface area (Å²) in [5.74, 6) is 1.40. The maximum atomic E-state index is 4.26. The monoisotopic (exact) mass is 182 g/mol. The maximum absolute atomic E-state index is 4.26. The Balaban J connectivity index is 2.17. The molecule has 2 heteroatoms. The van der Waals surface area contributed by atoms with Crippen molar-refractivity contribution in [3.05, 3.63) is 54.2 Å². The Labute approximate surface area is 82.6 Å². The fourth-order valence-corrected chi connectivity index (χ4v) is 1.79. The SMILES string of the molecule is C1=CC2=Cn3ccnc3C=CC2C=C1. The summed E-state index contributed by atoms with van der Waals surface area (Å²) in [5, 5.41) is 0. The fraction of sp³-hybridized carbons (Fsp3) is 0.0833. The van der Waals surface area contributed by atoms with Crippen LogP contribution in [-0.4, -0.2) is 9.55 Å². The van der Waals surface area contributed by atoms with E-state index in [1.54, 1.807) is 0 Å². The van der Waals surface area contributed by atoms with Crippen LogP contribution in [-0.2, 0) is 0 Å². The van der Waals surface area contributed by atoms with E-state index in [-0.39, 0.29) is 0 Å². The zero-order chi connectivity index (χ0) is 9.38. The number of allylic oxidation sites excluding steroid dienone is 6. The lowest BCUT2D eigenvalue weighted by atomic mass is 9.95. The van der Waals surface area contributed by atoms with Crippen LogP contribution in [0.3, 0.4) is 0 Å². The van der Waals surface area contributed by atoms with Crippen LogP contribution in [0.25, 0.3) is 12.3 Å². The quantitative estimate of drug-likeness (QED) is 0.602. The molecule has 0 radical (unpaired) electrons. The van der Waals surface area contributed by atoms with Crippen LogP contribution in [0.2, 0.25) is 0 Å². The van der Waals surface area contributed by atoms with Gasteiger partial charge in [0, 0.05) is 24.5 Å². The third kappa shape index (κ3) is 1.08. The fourth-order valence-electron chi connectivity index (χ4n) is 1.79. The number of hydrogen-bond acceptors (Lipinski definition) is 1. The standard InChI is InChI=1S/C12H10N2/c1-2-4-11-9-14-8-7-13-12(14)6-5-10(11)3-1/h1-10H. The number of rotatable bonds is 0. The Bertz CT molecular complexity index is 472. The molecule has 2 heterocycles. The van der Waals surface area contributed by atoms with E-state index in [9.17, 15) is 0 Å². The van der Waals surface area contributed by atoms with Crippen molar-refractivity contribution in [2.45, 2.75) is 0 Å². The van der Waals surface area contributed by atoms with Gasteiger partial charge in [-0.3, -0.25) is 0 Å². The molecule has 1 aliphatic heterocycles. The Morgan fingerprint density at radius 2 is 2.14 bits per heavy atom.